The largest absolute Gasteiger partial charge is 0.388 e. The van der Waals surface area contributed by atoms with Gasteiger partial charge in [0.25, 0.3) is 0 Å². The van der Waals surface area contributed by atoms with E-state index in [2.05, 4.69) is 41.7 Å². The molecule has 3 rings (SSSR count). The summed E-state index contributed by atoms with van der Waals surface area (Å²) in [5.74, 6) is 0.332. The van der Waals surface area contributed by atoms with Crippen LogP contribution in [-0.2, 0) is 0 Å². The Morgan fingerprint density at radius 1 is 1.05 bits per heavy atom. The molecule has 102 valence electrons. The molecular weight excluding hydrogens is 289 g/mol. The van der Waals surface area contributed by atoms with Crippen LogP contribution in [0, 0.1) is 0 Å². The summed E-state index contributed by atoms with van der Waals surface area (Å²) in [6, 6.07) is 14.4. The van der Waals surface area contributed by atoms with Gasteiger partial charge in [-0.15, -0.1) is 0 Å². The fourth-order valence-electron chi connectivity index (χ4n) is 2.80. The Labute approximate surface area is 129 Å². The van der Waals surface area contributed by atoms with Crippen molar-refractivity contribution in [3.63, 3.8) is 0 Å². The molecule has 0 amide bonds. The van der Waals surface area contributed by atoms with E-state index in [0.29, 0.717) is 16.0 Å². The van der Waals surface area contributed by atoms with Crippen LogP contribution in [0.5, 0.6) is 0 Å². The smallest absolute Gasteiger partial charge is 0.0595 e. The van der Waals surface area contributed by atoms with E-state index in [1.54, 1.807) is 0 Å². The van der Waals surface area contributed by atoms with Gasteiger partial charge >= 0.3 is 0 Å². The van der Waals surface area contributed by atoms with Crippen molar-refractivity contribution in [1.29, 1.82) is 0 Å². The molecule has 2 aromatic carbocycles. The standard InChI is InChI=1S/C17H15Cl2N/c1-20-17-9-7-12(13-4-2-3-5-14(13)17)11-6-8-15(18)16(19)10-11/h2-6,8-10,12,20H,7H2,1H3/t12-/m1/s1. The van der Waals surface area contributed by atoms with Gasteiger partial charge in [-0.2, -0.15) is 0 Å². The summed E-state index contributed by atoms with van der Waals surface area (Å²) in [4.78, 5) is 0. The Bertz CT molecular complexity index is 676. The highest BCUT2D eigenvalue weighted by molar-refractivity contribution is 6.42. The zero-order valence-corrected chi connectivity index (χ0v) is 12.7. The van der Waals surface area contributed by atoms with Gasteiger partial charge in [-0.3, -0.25) is 0 Å². The topological polar surface area (TPSA) is 12.0 Å². The first-order chi connectivity index (χ1) is 9.70. The Morgan fingerprint density at radius 2 is 1.85 bits per heavy atom. The first-order valence-electron chi connectivity index (χ1n) is 6.63. The minimum Gasteiger partial charge on any atom is -0.388 e. The number of allylic oxidation sites excluding steroid dienone is 1. The lowest BCUT2D eigenvalue weighted by Crippen LogP contribution is -2.14. The number of rotatable bonds is 2. The maximum atomic E-state index is 6.16. The van der Waals surface area contributed by atoms with Crippen LogP contribution in [0.25, 0.3) is 5.70 Å². The summed E-state index contributed by atoms with van der Waals surface area (Å²) < 4.78 is 0. The Balaban J connectivity index is 2.08. The molecule has 1 atom stereocenters. The van der Waals surface area contributed by atoms with Gasteiger partial charge in [-0.25, -0.2) is 0 Å². The number of hydrogen-bond acceptors (Lipinski definition) is 1. The van der Waals surface area contributed by atoms with Crippen molar-refractivity contribution in [2.45, 2.75) is 12.3 Å². The SMILES string of the molecule is CNC1=CC[C@H](c2ccc(Cl)c(Cl)c2)c2ccccc21. The first kappa shape index (κ1) is 13.5. The highest BCUT2D eigenvalue weighted by Crippen LogP contribution is 2.39. The molecule has 2 aromatic rings. The lowest BCUT2D eigenvalue weighted by Gasteiger charge is -2.26. The van der Waals surface area contributed by atoms with Crippen molar-refractivity contribution < 1.29 is 0 Å². The Kier molecular flexibility index (Phi) is 3.73. The van der Waals surface area contributed by atoms with Crippen molar-refractivity contribution in [3.05, 3.63) is 75.3 Å². The summed E-state index contributed by atoms with van der Waals surface area (Å²) >= 11 is 12.2. The molecule has 0 saturated carbocycles. The summed E-state index contributed by atoms with van der Waals surface area (Å²) in [6.07, 6.45) is 3.21. The number of nitrogens with one attached hydrogen (secondary N) is 1. The second kappa shape index (κ2) is 5.51. The van der Waals surface area contributed by atoms with E-state index in [0.717, 1.165) is 6.42 Å². The predicted octanol–water partition coefficient (Wildman–Crippen LogP) is 5.09. The van der Waals surface area contributed by atoms with Crippen molar-refractivity contribution in [3.8, 4) is 0 Å². The average molecular weight is 304 g/mol. The van der Waals surface area contributed by atoms with Crippen molar-refractivity contribution in [2.75, 3.05) is 7.05 Å². The van der Waals surface area contributed by atoms with Crippen LogP contribution in [0.4, 0.5) is 0 Å². The molecule has 1 aliphatic rings. The van der Waals surface area contributed by atoms with E-state index < -0.39 is 0 Å². The van der Waals surface area contributed by atoms with E-state index in [-0.39, 0.29) is 0 Å². The fraction of sp³-hybridized carbons (Fsp3) is 0.176. The molecule has 1 N–H and O–H groups in total. The lowest BCUT2D eigenvalue weighted by atomic mass is 9.81. The van der Waals surface area contributed by atoms with Crippen LogP contribution >= 0.6 is 23.2 Å². The molecule has 0 bridgehead atoms. The molecule has 3 heteroatoms. The van der Waals surface area contributed by atoms with Crippen molar-refractivity contribution in [2.24, 2.45) is 0 Å². The van der Waals surface area contributed by atoms with Crippen LogP contribution in [0.15, 0.2) is 48.5 Å². The maximum absolute atomic E-state index is 6.16. The van der Waals surface area contributed by atoms with Gasteiger partial charge in [0.15, 0.2) is 0 Å². The van der Waals surface area contributed by atoms with Gasteiger partial charge in [0.2, 0.25) is 0 Å². The molecule has 0 aliphatic heterocycles. The van der Waals surface area contributed by atoms with Gasteiger partial charge in [0.05, 0.1) is 10.0 Å². The second-order valence-electron chi connectivity index (χ2n) is 4.92. The van der Waals surface area contributed by atoms with Crippen LogP contribution in [0.2, 0.25) is 10.0 Å². The first-order valence-corrected chi connectivity index (χ1v) is 7.38. The third-order valence-corrected chi connectivity index (χ3v) is 4.54. The van der Waals surface area contributed by atoms with E-state index in [1.165, 1.54) is 22.4 Å². The highest BCUT2D eigenvalue weighted by atomic mass is 35.5. The third-order valence-electron chi connectivity index (χ3n) is 3.80. The van der Waals surface area contributed by atoms with Crippen molar-refractivity contribution >= 4 is 28.9 Å². The summed E-state index contributed by atoms with van der Waals surface area (Å²) in [6.45, 7) is 0. The monoisotopic (exact) mass is 303 g/mol. The molecule has 1 nitrogen and oxygen atoms in total. The average Bonchev–Trinajstić information content (AvgIpc) is 2.49. The number of halogens is 2. The summed E-state index contributed by atoms with van der Waals surface area (Å²) in [5, 5.41) is 4.49. The quantitative estimate of drug-likeness (QED) is 0.815. The molecule has 20 heavy (non-hydrogen) atoms. The van der Waals surface area contributed by atoms with E-state index >= 15 is 0 Å². The normalized spacial score (nSPS) is 17.4. The van der Waals surface area contributed by atoms with E-state index in [4.69, 9.17) is 23.2 Å². The molecular formula is C17H15Cl2N. The van der Waals surface area contributed by atoms with Gasteiger partial charge in [-0.1, -0.05) is 59.6 Å². The Hall–Kier alpha value is -1.44. The summed E-state index contributed by atoms with van der Waals surface area (Å²) in [7, 11) is 1.96. The van der Waals surface area contributed by atoms with Crippen LogP contribution in [0.1, 0.15) is 29.0 Å². The van der Waals surface area contributed by atoms with E-state index in [1.807, 2.05) is 19.2 Å². The van der Waals surface area contributed by atoms with Gasteiger partial charge in [0, 0.05) is 24.2 Å². The summed E-state index contributed by atoms with van der Waals surface area (Å²) in [5.41, 5.74) is 4.99. The molecule has 0 fully saturated rings. The maximum Gasteiger partial charge on any atom is 0.0595 e. The van der Waals surface area contributed by atoms with Crippen LogP contribution in [-0.4, -0.2) is 7.05 Å². The zero-order chi connectivity index (χ0) is 14.1. The molecule has 0 saturated heterocycles. The van der Waals surface area contributed by atoms with Gasteiger partial charge in [0.1, 0.15) is 0 Å². The Morgan fingerprint density at radius 3 is 2.60 bits per heavy atom. The minimum atomic E-state index is 0.332. The van der Waals surface area contributed by atoms with Gasteiger partial charge < -0.3 is 5.32 Å². The van der Waals surface area contributed by atoms with Crippen LogP contribution < -0.4 is 5.32 Å². The molecule has 0 spiro atoms. The molecule has 0 unspecified atom stereocenters. The molecule has 0 aromatic heterocycles. The predicted molar refractivity (Wildman–Crippen MR) is 86.4 cm³/mol. The zero-order valence-electron chi connectivity index (χ0n) is 11.2. The molecule has 0 heterocycles. The molecule has 0 radical (unpaired) electrons. The number of hydrogen-bond donors (Lipinski definition) is 1. The fourth-order valence-corrected chi connectivity index (χ4v) is 3.11. The third kappa shape index (κ3) is 2.32. The minimum absolute atomic E-state index is 0.332. The molecule has 1 aliphatic carbocycles. The second-order valence-corrected chi connectivity index (χ2v) is 5.73. The van der Waals surface area contributed by atoms with Crippen molar-refractivity contribution in [1.82, 2.24) is 5.32 Å². The highest BCUT2D eigenvalue weighted by Gasteiger charge is 2.22. The van der Waals surface area contributed by atoms with Gasteiger partial charge in [-0.05, 0) is 29.7 Å². The lowest BCUT2D eigenvalue weighted by molar-refractivity contribution is 0.805. The van der Waals surface area contributed by atoms with Crippen LogP contribution in [0.3, 0.4) is 0 Å². The van der Waals surface area contributed by atoms with E-state index in [9.17, 15) is 0 Å². The number of fused-ring (bicyclic) bond motifs is 1. The number of benzene rings is 2.